The van der Waals surface area contributed by atoms with Gasteiger partial charge in [0.1, 0.15) is 5.82 Å². The summed E-state index contributed by atoms with van der Waals surface area (Å²) in [6.07, 6.45) is 3.96. The first-order valence-electron chi connectivity index (χ1n) is 10.5. The molecule has 2 saturated heterocycles. The number of carbonyl (C=O) groups excluding carboxylic acids is 1. The van der Waals surface area contributed by atoms with Crippen LogP contribution in [0.4, 0.5) is 15.8 Å². The SMILES string of the molecule is COCCN1C(=O)/C(=C/c2cc(F)c(N3CCCC3)cc2C)SC1=Nc1ccccc1. The topological polar surface area (TPSA) is 45.1 Å². The van der Waals surface area contributed by atoms with E-state index in [4.69, 9.17) is 4.74 Å². The zero-order valence-electron chi connectivity index (χ0n) is 17.8. The fraction of sp³-hybridized carbons (Fsp3) is 0.333. The molecule has 0 N–H and O–H groups in total. The summed E-state index contributed by atoms with van der Waals surface area (Å²) in [5, 5.41) is 0.603. The van der Waals surface area contributed by atoms with Gasteiger partial charge >= 0.3 is 0 Å². The molecule has 2 aliphatic heterocycles. The molecule has 0 atom stereocenters. The first-order valence-corrected chi connectivity index (χ1v) is 11.3. The van der Waals surface area contributed by atoms with Crippen molar-refractivity contribution in [3.05, 3.63) is 64.3 Å². The minimum Gasteiger partial charge on any atom is -0.383 e. The van der Waals surface area contributed by atoms with E-state index in [9.17, 15) is 9.18 Å². The average Bonchev–Trinajstić information content (AvgIpc) is 3.39. The minimum absolute atomic E-state index is 0.139. The third kappa shape index (κ3) is 4.83. The number of amides is 1. The zero-order chi connectivity index (χ0) is 21.8. The van der Waals surface area contributed by atoms with E-state index < -0.39 is 0 Å². The van der Waals surface area contributed by atoms with Crippen LogP contribution in [0.5, 0.6) is 0 Å². The lowest BCUT2D eigenvalue weighted by molar-refractivity contribution is -0.122. The van der Waals surface area contributed by atoms with E-state index in [-0.39, 0.29) is 11.7 Å². The Balaban J connectivity index is 1.65. The largest absolute Gasteiger partial charge is 0.383 e. The highest BCUT2D eigenvalue weighted by Gasteiger charge is 2.33. The lowest BCUT2D eigenvalue weighted by Crippen LogP contribution is -2.32. The van der Waals surface area contributed by atoms with Crippen LogP contribution in [0.1, 0.15) is 24.0 Å². The molecule has 0 aliphatic carbocycles. The molecule has 2 fully saturated rings. The van der Waals surface area contributed by atoms with Crippen molar-refractivity contribution in [2.24, 2.45) is 4.99 Å². The number of aryl methyl sites for hydroxylation is 1. The van der Waals surface area contributed by atoms with Crippen LogP contribution >= 0.6 is 11.8 Å². The maximum Gasteiger partial charge on any atom is 0.266 e. The molecule has 2 aromatic rings. The number of aliphatic imine (C=N–C) groups is 1. The van der Waals surface area contributed by atoms with E-state index in [1.807, 2.05) is 43.3 Å². The molecule has 0 saturated carbocycles. The molecule has 2 aliphatic rings. The molecule has 4 rings (SSSR count). The Labute approximate surface area is 186 Å². The predicted octanol–water partition coefficient (Wildman–Crippen LogP) is 4.98. The molecule has 0 bridgehead atoms. The number of benzene rings is 2. The molecule has 0 unspecified atom stereocenters. The molecule has 7 heteroatoms. The number of thioether (sulfide) groups is 1. The molecule has 2 heterocycles. The van der Waals surface area contributed by atoms with Crippen LogP contribution in [-0.4, -0.2) is 49.3 Å². The third-order valence-corrected chi connectivity index (χ3v) is 6.46. The van der Waals surface area contributed by atoms with Crippen LogP contribution in [0.15, 0.2) is 52.4 Å². The van der Waals surface area contributed by atoms with Gasteiger partial charge < -0.3 is 9.64 Å². The second kappa shape index (κ2) is 9.66. The first kappa shape index (κ1) is 21.6. The molecule has 5 nitrogen and oxygen atoms in total. The van der Waals surface area contributed by atoms with Gasteiger partial charge in [-0.3, -0.25) is 9.69 Å². The zero-order valence-corrected chi connectivity index (χ0v) is 18.6. The van der Waals surface area contributed by atoms with Gasteiger partial charge in [-0.1, -0.05) is 18.2 Å². The molecule has 31 heavy (non-hydrogen) atoms. The Morgan fingerprint density at radius 2 is 1.94 bits per heavy atom. The monoisotopic (exact) mass is 439 g/mol. The number of para-hydroxylation sites is 1. The van der Waals surface area contributed by atoms with Crippen molar-refractivity contribution >= 4 is 40.3 Å². The summed E-state index contributed by atoms with van der Waals surface area (Å²) in [7, 11) is 1.60. The quantitative estimate of drug-likeness (QED) is 0.595. The van der Waals surface area contributed by atoms with Crippen LogP contribution in [0.25, 0.3) is 6.08 Å². The number of nitrogens with zero attached hydrogens (tertiary/aromatic N) is 3. The van der Waals surface area contributed by atoms with Gasteiger partial charge in [0.05, 0.1) is 29.4 Å². The van der Waals surface area contributed by atoms with Gasteiger partial charge in [0.2, 0.25) is 0 Å². The molecule has 0 aromatic heterocycles. The fourth-order valence-corrected chi connectivity index (χ4v) is 4.78. The number of ether oxygens (including phenoxy) is 1. The summed E-state index contributed by atoms with van der Waals surface area (Å²) in [4.78, 5) is 22.0. The number of anilines is 1. The second-order valence-corrected chi connectivity index (χ2v) is 8.65. The number of carbonyl (C=O) groups is 1. The molecular formula is C24H26FN3O2S. The van der Waals surface area contributed by atoms with Crippen molar-refractivity contribution in [2.45, 2.75) is 19.8 Å². The van der Waals surface area contributed by atoms with E-state index >= 15 is 0 Å². The Hall–Kier alpha value is -2.64. The third-order valence-electron chi connectivity index (χ3n) is 5.46. The van der Waals surface area contributed by atoms with Gasteiger partial charge in [-0.25, -0.2) is 9.38 Å². The molecular weight excluding hydrogens is 413 g/mol. The van der Waals surface area contributed by atoms with E-state index in [1.54, 1.807) is 18.1 Å². The molecule has 2 aromatic carbocycles. The number of hydrogen-bond donors (Lipinski definition) is 0. The van der Waals surface area contributed by atoms with E-state index in [0.29, 0.717) is 34.5 Å². The van der Waals surface area contributed by atoms with E-state index in [1.165, 1.54) is 17.8 Å². The van der Waals surface area contributed by atoms with Crippen molar-refractivity contribution in [3.63, 3.8) is 0 Å². The minimum atomic E-state index is -0.246. The summed E-state index contributed by atoms with van der Waals surface area (Å²) < 4.78 is 20.0. The molecule has 0 radical (unpaired) electrons. The fourth-order valence-electron chi connectivity index (χ4n) is 3.76. The van der Waals surface area contributed by atoms with Gasteiger partial charge in [-0.05, 0) is 73.0 Å². The Bertz CT molecular complexity index is 1020. The van der Waals surface area contributed by atoms with Gasteiger partial charge in [0.15, 0.2) is 5.17 Å². The average molecular weight is 440 g/mol. The Morgan fingerprint density at radius 1 is 1.19 bits per heavy atom. The molecule has 1 amide bonds. The van der Waals surface area contributed by atoms with Crippen LogP contribution in [0.2, 0.25) is 0 Å². The van der Waals surface area contributed by atoms with Crippen molar-refractivity contribution in [2.75, 3.05) is 38.3 Å². The summed E-state index contributed by atoms with van der Waals surface area (Å²) in [5.41, 5.74) is 3.08. The van der Waals surface area contributed by atoms with Crippen molar-refractivity contribution in [3.8, 4) is 0 Å². The van der Waals surface area contributed by atoms with Gasteiger partial charge in [0, 0.05) is 20.2 Å². The van der Waals surface area contributed by atoms with Gasteiger partial charge in [0.25, 0.3) is 5.91 Å². The lowest BCUT2D eigenvalue weighted by atomic mass is 10.1. The van der Waals surface area contributed by atoms with Crippen LogP contribution in [0.3, 0.4) is 0 Å². The second-order valence-electron chi connectivity index (χ2n) is 7.64. The van der Waals surface area contributed by atoms with Gasteiger partial charge in [-0.2, -0.15) is 0 Å². The summed E-state index contributed by atoms with van der Waals surface area (Å²) >= 11 is 1.31. The number of amidine groups is 1. The van der Waals surface area contributed by atoms with Crippen LogP contribution in [0, 0.1) is 12.7 Å². The molecule has 162 valence electrons. The van der Waals surface area contributed by atoms with Crippen molar-refractivity contribution in [1.82, 2.24) is 4.90 Å². The number of halogens is 1. The number of hydrogen-bond acceptors (Lipinski definition) is 5. The Kier molecular flexibility index (Phi) is 6.73. The smallest absolute Gasteiger partial charge is 0.266 e. The highest BCUT2D eigenvalue weighted by Crippen LogP contribution is 2.35. The van der Waals surface area contributed by atoms with Crippen molar-refractivity contribution < 1.29 is 13.9 Å². The lowest BCUT2D eigenvalue weighted by Gasteiger charge is -2.19. The maximum atomic E-state index is 14.8. The van der Waals surface area contributed by atoms with E-state index in [2.05, 4.69) is 9.89 Å². The standard InChI is InChI=1S/C24H26FN3O2S/c1-17-14-21(27-10-6-7-11-27)20(25)15-18(17)16-22-23(29)28(12-13-30-2)24(31-22)26-19-8-4-3-5-9-19/h3-5,8-9,14-16H,6-7,10-13H2,1-2H3/b22-16-,26-24?. The number of rotatable bonds is 6. The maximum absolute atomic E-state index is 14.8. The summed E-state index contributed by atoms with van der Waals surface area (Å²) in [6.45, 7) is 4.55. The highest BCUT2D eigenvalue weighted by molar-refractivity contribution is 8.18. The number of methoxy groups -OCH3 is 1. The van der Waals surface area contributed by atoms with Crippen molar-refractivity contribution in [1.29, 1.82) is 0 Å². The van der Waals surface area contributed by atoms with Crippen LogP contribution < -0.4 is 4.90 Å². The van der Waals surface area contributed by atoms with Gasteiger partial charge in [-0.15, -0.1) is 0 Å². The Morgan fingerprint density at radius 3 is 2.65 bits per heavy atom. The summed E-state index contributed by atoms with van der Waals surface area (Å²) in [5.74, 6) is -0.385. The highest BCUT2D eigenvalue weighted by atomic mass is 32.2. The first-order chi connectivity index (χ1) is 15.1. The van der Waals surface area contributed by atoms with Crippen LogP contribution in [-0.2, 0) is 9.53 Å². The molecule has 0 spiro atoms. The summed E-state index contributed by atoms with van der Waals surface area (Å²) in [6, 6.07) is 13.0. The predicted molar refractivity (Wildman–Crippen MR) is 125 cm³/mol. The normalized spacial score (nSPS) is 19.3. The van der Waals surface area contributed by atoms with E-state index in [0.717, 1.165) is 37.2 Å².